The van der Waals surface area contributed by atoms with Crippen LogP contribution < -0.4 is 9.80 Å². The third kappa shape index (κ3) is 3.19. The second kappa shape index (κ2) is 6.54. The number of ether oxygens (including phenoxy) is 1. The van der Waals surface area contributed by atoms with Gasteiger partial charge in [-0.3, -0.25) is 4.90 Å². The Hall–Kier alpha value is -2.90. The van der Waals surface area contributed by atoms with Gasteiger partial charge in [0.25, 0.3) is 0 Å². The van der Waals surface area contributed by atoms with Crippen molar-refractivity contribution in [2.24, 2.45) is 0 Å². The molecule has 1 fully saturated rings. The van der Waals surface area contributed by atoms with Crippen molar-refractivity contribution in [3.8, 4) is 0 Å². The second-order valence-electron chi connectivity index (χ2n) is 6.08. The molecule has 0 aliphatic carbocycles. The van der Waals surface area contributed by atoms with Crippen molar-refractivity contribution in [2.45, 2.75) is 19.1 Å². The highest BCUT2D eigenvalue weighted by Crippen LogP contribution is 2.28. The molecule has 2 aliphatic rings. The first-order chi connectivity index (χ1) is 12.2. The van der Waals surface area contributed by atoms with E-state index in [9.17, 15) is 9.18 Å². The summed E-state index contributed by atoms with van der Waals surface area (Å²) in [5.74, 6) is -0.333. The number of rotatable bonds is 4. The number of anilines is 2. The number of nitrogens with zero attached hydrogens (tertiary/aromatic N) is 5. The average Bonchev–Trinajstić information content (AvgIpc) is 3.25. The van der Waals surface area contributed by atoms with Crippen LogP contribution in [0.15, 0.2) is 42.7 Å². The highest BCUT2D eigenvalue weighted by Gasteiger charge is 2.33. The van der Waals surface area contributed by atoms with Gasteiger partial charge in [0.15, 0.2) is 0 Å². The molecule has 1 aromatic heterocycles. The van der Waals surface area contributed by atoms with Crippen molar-refractivity contribution in [1.29, 1.82) is 0 Å². The topological polar surface area (TPSA) is 63.5 Å². The van der Waals surface area contributed by atoms with Crippen molar-refractivity contribution >= 4 is 17.5 Å². The first-order valence-electron chi connectivity index (χ1n) is 8.22. The van der Waals surface area contributed by atoms with Crippen LogP contribution in [0.3, 0.4) is 0 Å². The number of benzene rings is 1. The molecule has 3 heterocycles. The summed E-state index contributed by atoms with van der Waals surface area (Å²) >= 11 is 0. The largest absolute Gasteiger partial charge is 0.442 e. The molecule has 0 N–H and O–H groups in total. The van der Waals surface area contributed by atoms with E-state index in [2.05, 4.69) is 16.4 Å². The van der Waals surface area contributed by atoms with Crippen LogP contribution in [0.25, 0.3) is 0 Å². The van der Waals surface area contributed by atoms with E-state index in [0.717, 1.165) is 13.0 Å². The van der Waals surface area contributed by atoms with Crippen LogP contribution in [0.5, 0.6) is 0 Å². The lowest BCUT2D eigenvalue weighted by molar-refractivity contribution is 0.129. The van der Waals surface area contributed by atoms with Gasteiger partial charge in [-0.2, -0.15) is 0 Å². The summed E-state index contributed by atoms with van der Waals surface area (Å²) in [6.07, 6.45) is 7.49. The third-order valence-corrected chi connectivity index (χ3v) is 4.38. The molecular weight excluding hydrogens is 325 g/mol. The molecule has 0 spiro atoms. The summed E-state index contributed by atoms with van der Waals surface area (Å²) in [4.78, 5) is 15.6. The number of amides is 1. The Balaban J connectivity index is 1.48. The molecule has 0 radical (unpaired) electrons. The molecule has 25 heavy (non-hydrogen) atoms. The van der Waals surface area contributed by atoms with Crippen LogP contribution in [0.4, 0.5) is 20.6 Å². The Bertz CT molecular complexity index is 792. The zero-order valence-electron chi connectivity index (χ0n) is 13.6. The zero-order valence-corrected chi connectivity index (χ0v) is 13.6. The van der Waals surface area contributed by atoms with Crippen molar-refractivity contribution in [3.05, 3.63) is 48.6 Å². The molecule has 2 aromatic rings. The van der Waals surface area contributed by atoms with Crippen molar-refractivity contribution in [2.75, 3.05) is 29.4 Å². The summed E-state index contributed by atoms with van der Waals surface area (Å²) in [5.41, 5.74) is 1.06. The van der Waals surface area contributed by atoms with Crippen LogP contribution in [0, 0.1) is 5.82 Å². The van der Waals surface area contributed by atoms with Gasteiger partial charge in [0, 0.05) is 19.3 Å². The number of carbonyl (C=O) groups is 1. The predicted molar refractivity (Wildman–Crippen MR) is 90.0 cm³/mol. The lowest BCUT2D eigenvalue weighted by atomic mass is 10.2. The lowest BCUT2D eigenvalue weighted by Gasteiger charge is -2.26. The van der Waals surface area contributed by atoms with Gasteiger partial charge in [0.05, 0.1) is 30.7 Å². The van der Waals surface area contributed by atoms with Gasteiger partial charge in [-0.05, 0) is 24.6 Å². The Labute approximate surface area is 144 Å². The van der Waals surface area contributed by atoms with Gasteiger partial charge >= 0.3 is 6.09 Å². The van der Waals surface area contributed by atoms with Crippen LogP contribution in [0.2, 0.25) is 0 Å². The van der Waals surface area contributed by atoms with E-state index in [-0.39, 0.29) is 11.9 Å². The Kier molecular flexibility index (Phi) is 4.09. The van der Waals surface area contributed by atoms with Gasteiger partial charge in [-0.15, -0.1) is 5.10 Å². The van der Waals surface area contributed by atoms with Crippen LogP contribution in [0.1, 0.15) is 6.42 Å². The molecule has 1 saturated heterocycles. The van der Waals surface area contributed by atoms with E-state index in [1.165, 1.54) is 11.0 Å². The third-order valence-electron chi connectivity index (χ3n) is 4.38. The Morgan fingerprint density at radius 2 is 2.24 bits per heavy atom. The molecule has 7 nitrogen and oxygen atoms in total. The minimum Gasteiger partial charge on any atom is -0.442 e. The van der Waals surface area contributed by atoms with Gasteiger partial charge in [0.1, 0.15) is 11.9 Å². The molecule has 4 rings (SSSR count). The van der Waals surface area contributed by atoms with E-state index in [1.807, 2.05) is 11.0 Å². The molecule has 0 saturated carbocycles. The quantitative estimate of drug-likeness (QED) is 0.797. The molecule has 130 valence electrons. The summed E-state index contributed by atoms with van der Waals surface area (Å²) in [7, 11) is 0. The van der Waals surface area contributed by atoms with E-state index in [1.54, 1.807) is 29.2 Å². The molecular formula is C17H18FN5O2. The molecule has 8 heteroatoms. The summed E-state index contributed by atoms with van der Waals surface area (Å²) < 4.78 is 21.5. The maximum Gasteiger partial charge on any atom is 0.414 e. The minimum atomic E-state index is -0.474. The summed E-state index contributed by atoms with van der Waals surface area (Å²) in [6, 6.07) is 4.88. The first-order valence-corrected chi connectivity index (χ1v) is 8.22. The molecule has 1 aromatic carbocycles. The Morgan fingerprint density at radius 3 is 2.96 bits per heavy atom. The van der Waals surface area contributed by atoms with Gasteiger partial charge in [0.2, 0.25) is 0 Å². The maximum absolute atomic E-state index is 14.6. The van der Waals surface area contributed by atoms with E-state index >= 15 is 0 Å². The highest BCUT2D eigenvalue weighted by molar-refractivity contribution is 5.90. The summed E-state index contributed by atoms with van der Waals surface area (Å²) in [5, 5.41) is 7.59. The molecule has 2 aliphatic heterocycles. The number of hydrogen-bond acceptors (Lipinski definition) is 5. The van der Waals surface area contributed by atoms with Crippen LogP contribution >= 0.6 is 0 Å². The maximum atomic E-state index is 14.6. The fourth-order valence-electron chi connectivity index (χ4n) is 3.15. The van der Waals surface area contributed by atoms with Gasteiger partial charge in [-0.1, -0.05) is 17.4 Å². The van der Waals surface area contributed by atoms with Crippen LogP contribution in [-0.4, -0.2) is 46.8 Å². The van der Waals surface area contributed by atoms with Crippen molar-refractivity contribution < 1.29 is 13.9 Å². The number of cyclic esters (lactones) is 1. The minimum absolute atomic E-state index is 0.333. The normalized spacial score (nSPS) is 20.2. The molecule has 0 bridgehead atoms. The molecule has 1 atom stereocenters. The highest BCUT2D eigenvalue weighted by atomic mass is 19.1. The van der Waals surface area contributed by atoms with E-state index in [0.29, 0.717) is 31.0 Å². The SMILES string of the molecule is O=C1O[C@@H](Cn2ccnn2)CN1c1ccc(N2CC=CCC2)c(F)c1. The zero-order chi connectivity index (χ0) is 17.2. The number of halogens is 1. The fourth-order valence-corrected chi connectivity index (χ4v) is 3.15. The predicted octanol–water partition coefficient (Wildman–Crippen LogP) is 2.21. The number of hydrogen-bond donors (Lipinski definition) is 0. The molecule has 0 unspecified atom stereocenters. The number of aromatic nitrogens is 3. The lowest BCUT2D eigenvalue weighted by Crippen LogP contribution is -2.28. The van der Waals surface area contributed by atoms with E-state index < -0.39 is 6.09 Å². The van der Waals surface area contributed by atoms with Gasteiger partial charge < -0.3 is 9.64 Å². The second-order valence-corrected chi connectivity index (χ2v) is 6.08. The smallest absolute Gasteiger partial charge is 0.414 e. The number of carbonyl (C=O) groups excluding carboxylic acids is 1. The molecule has 1 amide bonds. The van der Waals surface area contributed by atoms with E-state index in [4.69, 9.17) is 4.74 Å². The fraction of sp³-hybridized carbons (Fsp3) is 0.353. The van der Waals surface area contributed by atoms with Crippen molar-refractivity contribution in [1.82, 2.24) is 15.0 Å². The monoisotopic (exact) mass is 343 g/mol. The first kappa shape index (κ1) is 15.6. The standard InChI is InChI=1S/C17H18FN5O2/c18-15-10-13(4-5-16(15)21-7-2-1-3-8-21)23-12-14(25-17(23)24)11-22-9-6-19-20-22/h1-2,4-6,9-10,14H,3,7-8,11-12H2/t14-/m0/s1. The Morgan fingerprint density at radius 1 is 1.32 bits per heavy atom. The van der Waals surface area contributed by atoms with Crippen molar-refractivity contribution in [3.63, 3.8) is 0 Å². The average molecular weight is 343 g/mol. The summed E-state index contributed by atoms with van der Waals surface area (Å²) in [6.45, 7) is 2.26. The van der Waals surface area contributed by atoms with Gasteiger partial charge in [-0.25, -0.2) is 13.9 Å². The van der Waals surface area contributed by atoms with Crippen LogP contribution in [-0.2, 0) is 11.3 Å².